The van der Waals surface area contributed by atoms with Crippen molar-refractivity contribution in [3.05, 3.63) is 65.2 Å². The first-order valence-electron chi connectivity index (χ1n) is 10.1. The molecule has 1 heterocycles. The number of benzene rings is 2. The second kappa shape index (κ2) is 10.1. The number of esters is 1. The van der Waals surface area contributed by atoms with Crippen molar-refractivity contribution in [2.75, 3.05) is 27.4 Å². The number of carbonyl (C=O) groups excluding carboxylic acids is 3. The maximum Gasteiger partial charge on any atom is 0.308 e. The Morgan fingerprint density at radius 1 is 1.00 bits per heavy atom. The van der Waals surface area contributed by atoms with Crippen LogP contribution >= 0.6 is 0 Å². The number of likely N-dealkylation sites (tertiary alicyclic amines) is 1. The van der Waals surface area contributed by atoms with E-state index in [4.69, 9.17) is 14.2 Å². The maximum atomic E-state index is 12.9. The Hall–Kier alpha value is -3.65. The Balaban J connectivity index is 2.06. The molecule has 0 saturated carbocycles. The van der Waals surface area contributed by atoms with Crippen LogP contribution in [0.1, 0.15) is 30.5 Å². The first kappa shape index (κ1) is 23.0. The molecule has 0 bridgehead atoms. The summed E-state index contributed by atoms with van der Waals surface area (Å²) < 4.78 is 15.3. The summed E-state index contributed by atoms with van der Waals surface area (Å²) in [5, 5.41) is 11.0. The monoisotopic (exact) mass is 439 g/mol. The van der Waals surface area contributed by atoms with Gasteiger partial charge in [-0.05, 0) is 48.4 Å². The average Bonchev–Trinajstić information content (AvgIpc) is 3.04. The molecule has 1 fully saturated rings. The van der Waals surface area contributed by atoms with Crippen LogP contribution in [0.5, 0.6) is 11.5 Å². The van der Waals surface area contributed by atoms with Crippen molar-refractivity contribution in [2.24, 2.45) is 0 Å². The van der Waals surface area contributed by atoms with Gasteiger partial charge in [0.2, 0.25) is 0 Å². The lowest BCUT2D eigenvalue weighted by Gasteiger charge is -2.25. The topological polar surface area (TPSA) is 102 Å². The third kappa shape index (κ3) is 4.81. The first-order chi connectivity index (χ1) is 15.4. The first-order valence-corrected chi connectivity index (χ1v) is 10.1. The summed E-state index contributed by atoms with van der Waals surface area (Å²) in [6, 6.07) is 12.3. The summed E-state index contributed by atoms with van der Waals surface area (Å²) in [5.41, 5.74) is 0.993. The van der Waals surface area contributed by atoms with Crippen molar-refractivity contribution >= 4 is 23.4 Å². The zero-order valence-corrected chi connectivity index (χ0v) is 18.2. The third-order valence-corrected chi connectivity index (χ3v) is 5.11. The SMILES string of the molecule is COCCCN1C(=O)C(=O)/C(=C(\O)c2ccc(OC)cc2)C1c1ccc(OC(C)=O)cc1. The molecule has 8 heteroatoms. The molecule has 1 aliphatic rings. The maximum absolute atomic E-state index is 12.9. The molecule has 3 rings (SSSR count). The lowest BCUT2D eigenvalue weighted by atomic mass is 9.95. The number of carbonyl (C=O) groups is 3. The van der Waals surface area contributed by atoms with E-state index < -0.39 is 23.7 Å². The van der Waals surface area contributed by atoms with E-state index in [1.165, 1.54) is 18.9 Å². The predicted octanol–water partition coefficient (Wildman–Crippen LogP) is 3.08. The number of ketones is 1. The number of rotatable bonds is 8. The van der Waals surface area contributed by atoms with Gasteiger partial charge in [0.25, 0.3) is 11.7 Å². The Kier molecular flexibility index (Phi) is 7.27. The molecule has 1 amide bonds. The zero-order valence-electron chi connectivity index (χ0n) is 18.2. The molecule has 0 spiro atoms. The number of aliphatic hydroxyl groups is 1. The number of hydrogen-bond donors (Lipinski definition) is 1. The standard InChI is InChI=1S/C24H25NO7/c1-15(26)32-19-11-5-16(6-12-19)21-20(22(27)17-7-9-18(31-3)10-8-17)23(28)24(29)25(21)13-4-14-30-2/h5-12,21,27H,4,13-14H2,1-3H3/b22-20-. The number of ether oxygens (including phenoxy) is 3. The van der Waals surface area contributed by atoms with Crippen LogP contribution in [-0.2, 0) is 19.1 Å². The highest BCUT2D eigenvalue weighted by molar-refractivity contribution is 6.46. The van der Waals surface area contributed by atoms with Crippen LogP contribution in [0.2, 0.25) is 0 Å². The van der Waals surface area contributed by atoms with Gasteiger partial charge < -0.3 is 24.2 Å². The molecule has 0 aliphatic carbocycles. The van der Waals surface area contributed by atoms with Gasteiger partial charge in [0.1, 0.15) is 17.3 Å². The van der Waals surface area contributed by atoms with Gasteiger partial charge >= 0.3 is 5.97 Å². The Morgan fingerprint density at radius 3 is 2.19 bits per heavy atom. The van der Waals surface area contributed by atoms with E-state index in [1.54, 1.807) is 55.6 Å². The molecule has 1 atom stereocenters. The van der Waals surface area contributed by atoms with E-state index in [9.17, 15) is 19.5 Å². The molecule has 8 nitrogen and oxygen atoms in total. The normalized spacial score (nSPS) is 17.5. The minimum absolute atomic E-state index is 0.00202. The van der Waals surface area contributed by atoms with Gasteiger partial charge in [-0.15, -0.1) is 0 Å². The summed E-state index contributed by atoms with van der Waals surface area (Å²) in [6.45, 7) is 1.99. The van der Waals surface area contributed by atoms with Crippen LogP contribution in [0, 0.1) is 0 Å². The van der Waals surface area contributed by atoms with E-state index in [1.807, 2.05) is 0 Å². The van der Waals surface area contributed by atoms with E-state index in [-0.39, 0.29) is 17.9 Å². The second-order valence-electron chi connectivity index (χ2n) is 7.23. The fraction of sp³-hybridized carbons (Fsp3) is 0.292. The fourth-order valence-electron chi connectivity index (χ4n) is 3.62. The number of amides is 1. The summed E-state index contributed by atoms with van der Waals surface area (Å²) in [4.78, 5) is 38.4. The van der Waals surface area contributed by atoms with Gasteiger partial charge in [-0.1, -0.05) is 12.1 Å². The van der Waals surface area contributed by atoms with Gasteiger partial charge in [0, 0.05) is 32.7 Å². The number of nitrogens with zero attached hydrogens (tertiary/aromatic N) is 1. The number of Topliss-reactive ketones (excluding diaryl/α,β-unsaturated/α-hetero) is 1. The van der Waals surface area contributed by atoms with Crippen LogP contribution in [0.3, 0.4) is 0 Å². The fourth-order valence-corrected chi connectivity index (χ4v) is 3.62. The molecule has 168 valence electrons. The predicted molar refractivity (Wildman–Crippen MR) is 116 cm³/mol. The number of aliphatic hydroxyl groups excluding tert-OH is 1. The Bertz CT molecular complexity index is 1030. The molecular weight excluding hydrogens is 414 g/mol. The minimum Gasteiger partial charge on any atom is -0.507 e. The van der Waals surface area contributed by atoms with Crippen molar-refractivity contribution in [3.63, 3.8) is 0 Å². The molecule has 2 aromatic rings. The lowest BCUT2D eigenvalue weighted by Crippen LogP contribution is -2.31. The van der Waals surface area contributed by atoms with Crippen molar-refractivity contribution in [2.45, 2.75) is 19.4 Å². The quantitative estimate of drug-likeness (QED) is 0.168. The van der Waals surface area contributed by atoms with Gasteiger partial charge in [-0.3, -0.25) is 14.4 Å². The summed E-state index contributed by atoms with van der Waals surface area (Å²) >= 11 is 0. The van der Waals surface area contributed by atoms with Crippen molar-refractivity contribution in [3.8, 4) is 11.5 Å². The van der Waals surface area contributed by atoms with Crippen LogP contribution < -0.4 is 9.47 Å². The Labute approximate surface area is 186 Å². The van der Waals surface area contributed by atoms with Gasteiger partial charge in [-0.25, -0.2) is 0 Å². The largest absolute Gasteiger partial charge is 0.507 e. The summed E-state index contributed by atoms with van der Waals surface area (Å²) in [7, 11) is 3.09. The molecule has 1 saturated heterocycles. The van der Waals surface area contributed by atoms with E-state index in [2.05, 4.69) is 0 Å². The van der Waals surface area contributed by atoms with Crippen molar-refractivity contribution < 1.29 is 33.7 Å². The zero-order chi connectivity index (χ0) is 23.3. The van der Waals surface area contributed by atoms with Gasteiger partial charge in [0.05, 0.1) is 18.7 Å². The van der Waals surface area contributed by atoms with Crippen molar-refractivity contribution in [1.82, 2.24) is 4.90 Å². The van der Waals surface area contributed by atoms with Crippen LogP contribution in [0.15, 0.2) is 54.1 Å². The molecular formula is C24H25NO7. The molecule has 1 N–H and O–H groups in total. The smallest absolute Gasteiger partial charge is 0.308 e. The van der Waals surface area contributed by atoms with E-state index >= 15 is 0 Å². The highest BCUT2D eigenvalue weighted by Crippen LogP contribution is 2.40. The number of hydrogen-bond acceptors (Lipinski definition) is 7. The molecule has 0 aromatic heterocycles. The second-order valence-corrected chi connectivity index (χ2v) is 7.23. The third-order valence-electron chi connectivity index (χ3n) is 5.11. The van der Waals surface area contributed by atoms with E-state index in [0.29, 0.717) is 35.7 Å². The summed E-state index contributed by atoms with van der Waals surface area (Å²) in [6.07, 6.45) is 0.522. The van der Waals surface area contributed by atoms with Crippen LogP contribution in [0.4, 0.5) is 0 Å². The highest BCUT2D eigenvalue weighted by Gasteiger charge is 2.45. The van der Waals surface area contributed by atoms with E-state index in [0.717, 1.165) is 0 Å². The minimum atomic E-state index is -0.791. The average molecular weight is 439 g/mol. The summed E-state index contributed by atoms with van der Waals surface area (Å²) in [5.74, 6) is -1.24. The molecule has 0 radical (unpaired) electrons. The highest BCUT2D eigenvalue weighted by atomic mass is 16.5. The molecule has 1 unspecified atom stereocenters. The molecule has 32 heavy (non-hydrogen) atoms. The van der Waals surface area contributed by atoms with Gasteiger partial charge in [0.15, 0.2) is 0 Å². The Morgan fingerprint density at radius 2 is 1.62 bits per heavy atom. The van der Waals surface area contributed by atoms with Crippen LogP contribution in [0.25, 0.3) is 5.76 Å². The van der Waals surface area contributed by atoms with Crippen molar-refractivity contribution in [1.29, 1.82) is 0 Å². The molecule has 1 aliphatic heterocycles. The van der Waals surface area contributed by atoms with Gasteiger partial charge in [-0.2, -0.15) is 0 Å². The number of methoxy groups -OCH3 is 2. The molecule has 2 aromatic carbocycles. The lowest BCUT2D eigenvalue weighted by molar-refractivity contribution is -0.140. The van der Waals surface area contributed by atoms with Crippen LogP contribution in [-0.4, -0.2) is 55.0 Å².